The van der Waals surface area contributed by atoms with Crippen LogP contribution in [0.15, 0.2) is 34.8 Å². The Morgan fingerprint density at radius 2 is 1.83 bits per heavy atom. The van der Waals surface area contributed by atoms with Crippen LogP contribution in [0.5, 0.6) is 0 Å². The third-order valence-corrected chi connectivity index (χ3v) is 5.19. The predicted molar refractivity (Wildman–Crippen MR) is 107 cm³/mol. The fraction of sp³-hybridized carbons (Fsp3) is 0.263. The highest BCUT2D eigenvalue weighted by molar-refractivity contribution is 9.10. The quantitative estimate of drug-likeness (QED) is 0.369. The summed E-state index contributed by atoms with van der Waals surface area (Å²) in [5.41, 5.74) is -0.852. The first kappa shape index (κ1) is 21.0. The largest absolute Gasteiger partial charge is 0.416 e. The fourth-order valence-electron chi connectivity index (χ4n) is 3.22. The molecule has 29 heavy (non-hydrogen) atoms. The molecule has 1 atom stereocenters. The normalized spacial score (nSPS) is 12.8. The smallest absolute Gasteiger partial charge is 0.362 e. The molecule has 0 spiro atoms. The molecule has 0 aliphatic heterocycles. The molecule has 0 amide bonds. The van der Waals surface area contributed by atoms with Crippen molar-refractivity contribution in [2.24, 2.45) is 0 Å². The molecule has 0 bridgehead atoms. The average molecular weight is 469 g/mol. The van der Waals surface area contributed by atoms with Crippen LogP contribution in [0.25, 0.3) is 10.8 Å². The number of nitro benzene ring substituents is 1. The monoisotopic (exact) mass is 468 g/mol. The SMILES string of the molecule is Cc1c([C@@H](C)Nc2nnc(C)c3ccc(Br)cc23)cc([N+](=O)[O-])cc1C(F)(F)F. The van der Waals surface area contributed by atoms with Crippen molar-refractivity contribution in [2.45, 2.75) is 33.0 Å². The molecule has 0 saturated carbocycles. The summed E-state index contributed by atoms with van der Waals surface area (Å²) in [7, 11) is 0. The van der Waals surface area contributed by atoms with Crippen molar-refractivity contribution >= 4 is 38.2 Å². The molecule has 0 unspecified atom stereocenters. The van der Waals surface area contributed by atoms with Crippen molar-refractivity contribution in [3.05, 3.63) is 67.3 Å². The number of anilines is 1. The highest BCUT2D eigenvalue weighted by Gasteiger charge is 2.36. The lowest BCUT2D eigenvalue weighted by atomic mass is 9.96. The Balaban J connectivity index is 2.10. The van der Waals surface area contributed by atoms with E-state index in [1.54, 1.807) is 13.8 Å². The molecule has 0 fully saturated rings. The number of alkyl halides is 3. The van der Waals surface area contributed by atoms with Gasteiger partial charge in [-0.15, -0.1) is 5.10 Å². The molecule has 10 heteroatoms. The lowest BCUT2D eigenvalue weighted by molar-refractivity contribution is -0.385. The number of rotatable bonds is 4. The molecule has 6 nitrogen and oxygen atoms in total. The van der Waals surface area contributed by atoms with Gasteiger partial charge >= 0.3 is 6.18 Å². The second kappa shape index (κ2) is 7.58. The van der Waals surface area contributed by atoms with Crippen LogP contribution in [0.4, 0.5) is 24.7 Å². The minimum absolute atomic E-state index is 0.0753. The summed E-state index contributed by atoms with van der Waals surface area (Å²) in [4.78, 5) is 10.3. The summed E-state index contributed by atoms with van der Waals surface area (Å²) in [6.07, 6.45) is -4.70. The van der Waals surface area contributed by atoms with Crippen LogP contribution in [0.3, 0.4) is 0 Å². The number of benzene rings is 2. The van der Waals surface area contributed by atoms with Gasteiger partial charge < -0.3 is 5.32 Å². The van der Waals surface area contributed by atoms with Gasteiger partial charge in [0.2, 0.25) is 0 Å². The van der Waals surface area contributed by atoms with Crippen LogP contribution in [0, 0.1) is 24.0 Å². The van der Waals surface area contributed by atoms with E-state index in [4.69, 9.17) is 0 Å². The standard InChI is InChI=1S/C19H16BrF3N4O2/c1-9-15(7-13(27(28)29)8-17(9)19(21,22)23)10(2)24-18-16-6-12(20)4-5-14(16)11(3)25-26-18/h4-8,10H,1-3H3,(H,24,26)/t10-/m1/s1. The summed E-state index contributed by atoms with van der Waals surface area (Å²) < 4.78 is 41.0. The summed E-state index contributed by atoms with van der Waals surface area (Å²) in [5, 5.41) is 24.0. The topological polar surface area (TPSA) is 81.0 Å². The second-order valence-corrected chi connectivity index (χ2v) is 7.57. The predicted octanol–water partition coefficient (Wildman–Crippen LogP) is 6.11. The third-order valence-electron chi connectivity index (χ3n) is 4.70. The molecule has 152 valence electrons. The van der Waals surface area contributed by atoms with E-state index in [0.717, 1.165) is 21.3 Å². The van der Waals surface area contributed by atoms with Crippen LogP contribution in [-0.2, 0) is 6.18 Å². The second-order valence-electron chi connectivity index (χ2n) is 6.65. The molecular formula is C19H16BrF3N4O2. The molecule has 3 rings (SSSR count). The highest BCUT2D eigenvalue weighted by Crippen LogP contribution is 2.38. The van der Waals surface area contributed by atoms with Gasteiger partial charge in [0, 0.05) is 27.4 Å². The lowest BCUT2D eigenvalue weighted by Crippen LogP contribution is -2.15. The Labute approximate surface area is 172 Å². The molecule has 1 heterocycles. The van der Waals surface area contributed by atoms with Gasteiger partial charge in [-0.2, -0.15) is 18.3 Å². The number of aryl methyl sites for hydroxylation is 1. The first-order valence-electron chi connectivity index (χ1n) is 8.54. The van der Waals surface area contributed by atoms with E-state index in [0.29, 0.717) is 17.6 Å². The van der Waals surface area contributed by atoms with Crippen LogP contribution >= 0.6 is 15.9 Å². The van der Waals surface area contributed by atoms with Crippen molar-refractivity contribution in [3.63, 3.8) is 0 Å². The fourth-order valence-corrected chi connectivity index (χ4v) is 3.58. The number of halogens is 4. The zero-order valence-electron chi connectivity index (χ0n) is 15.6. The molecule has 1 N–H and O–H groups in total. The number of hydrogen-bond donors (Lipinski definition) is 1. The summed E-state index contributed by atoms with van der Waals surface area (Å²) in [5.74, 6) is 0.374. The van der Waals surface area contributed by atoms with Gasteiger partial charge in [0.1, 0.15) is 0 Å². The van der Waals surface area contributed by atoms with Crippen molar-refractivity contribution in [1.82, 2.24) is 10.2 Å². The molecule has 3 aromatic rings. The van der Waals surface area contributed by atoms with Gasteiger partial charge in [-0.3, -0.25) is 10.1 Å². The molecule has 0 aliphatic carbocycles. The zero-order chi connectivity index (χ0) is 21.5. The lowest BCUT2D eigenvalue weighted by Gasteiger charge is -2.21. The maximum absolute atomic E-state index is 13.4. The first-order chi connectivity index (χ1) is 13.5. The number of nitrogens with one attached hydrogen (secondary N) is 1. The molecule has 0 aliphatic rings. The van der Waals surface area contributed by atoms with Crippen molar-refractivity contribution in [2.75, 3.05) is 5.32 Å². The van der Waals surface area contributed by atoms with Crippen LogP contribution in [0.2, 0.25) is 0 Å². The molecular weight excluding hydrogens is 453 g/mol. The third kappa shape index (κ3) is 4.16. The van der Waals surface area contributed by atoms with Crippen molar-refractivity contribution < 1.29 is 18.1 Å². The van der Waals surface area contributed by atoms with Gasteiger partial charge in [-0.25, -0.2) is 0 Å². The zero-order valence-corrected chi connectivity index (χ0v) is 17.2. The maximum Gasteiger partial charge on any atom is 0.416 e. The van der Waals surface area contributed by atoms with Gasteiger partial charge in [-0.1, -0.05) is 22.0 Å². The van der Waals surface area contributed by atoms with E-state index in [9.17, 15) is 23.3 Å². The minimum atomic E-state index is -4.70. The van der Waals surface area contributed by atoms with E-state index >= 15 is 0 Å². The summed E-state index contributed by atoms with van der Waals surface area (Å²) in [6, 6.07) is 6.57. The van der Waals surface area contributed by atoms with E-state index in [1.165, 1.54) is 6.92 Å². The summed E-state index contributed by atoms with van der Waals surface area (Å²) >= 11 is 3.39. The van der Waals surface area contributed by atoms with Crippen molar-refractivity contribution in [3.8, 4) is 0 Å². The number of aromatic nitrogens is 2. The van der Waals surface area contributed by atoms with E-state index in [2.05, 4.69) is 31.4 Å². The van der Waals surface area contributed by atoms with E-state index in [-0.39, 0.29) is 11.1 Å². The van der Waals surface area contributed by atoms with E-state index < -0.39 is 28.4 Å². The molecule has 0 saturated heterocycles. The molecule has 2 aromatic carbocycles. The average Bonchev–Trinajstić information content (AvgIpc) is 2.62. The Bertz CT molecular complexity index is 1120. The Morgan fingerprint density at radius 3 is 2.45 bits per heavy atom. The Morgan fingerprint density at radius 1 is 1.14 bits per heavy atom. The Hall–Kier alpha value is -2.75. The number of fused-ring (bicyclic) bond motifs is 1. The number of non-ortho nitro benzene ring substituents is 1. The molecule has 0 radical (unpaired) electrons. The highest BCUT2D eigenvalue weighted by atomic mass is 79.9. The van der Waals surface area contributed by atoms with Crippen LogP contribution in [0.1, 0.15) is 35.3 Å². The van der Waals surface area contributed by atoms with Crippen LogP contribution < -0.4 is 5.32 Å². The van der Waals surface area contributed by atoms with E-state index in [1.807, 2.05) is 18.2 Å². The first-order valence-corrected chi connectivity index (χ1v) is 9.33. The number of nitrogens with zero attached hydrogens (tertiary/aromatic N) is 3. The van der Waals surface area contributed by atoms with Gasteiger partial charge in [0.05, 0.1) is 22.2 Å². The van der Waals surface area contributed by atoms with Crippen LogP contribution in [-0.4, -0.2) is 15.1 Å². The minimum Gasteiger partial charge on any atom is -0.362 e. The molecule has 1 aromatic heterocycles. The number of nitro groups is 1. The number of hydrogen-bond acceptors (Lipinski definition) is 5. The van der Waals surface area contributed by atoms with Gasteiger partial charge in [0.15, 0.2) is 5.82 Å². The summed E-state index contributed by atoms with van der Waals surface area (Å²) in [6.45, 7) is 4.73. The van der Waals surface area contributed by atoms with Gasteiger partial charge in [0.25, 0.3) is 5.69 Å². The van der Waals surface area contributed by atoms with Crippen molar-refractivity contribution in [1.29, 1.82) is 0 Å². The van der Waals surface area contributed by atoms with Gasteiger partial charge in [-0.05, 0) is 44.0 Å². The Kier molecular flexibility index (Phi) is 5.48. The maximum atomic E-state index is 13.4.